The van der Waals surface area contributed by atoms with Crippen LogP contribution in [0.4, 0.5) is 24.7 Å². The van der Waals surface area contributed by atoms with Crippen LogP contribution < -0.4 is 14.4 Å². The predicted molar refractivity (Wildman–Crippen MR) is 150 cm³/mol. The summed E-state index contributed by atoms with van der Waals surface area (Å²) < 4.78 is 51.6. The Bertz CT molecular complexity index is 1510. The highest BCUT2D eigenvalue weighted by Crippen LogP contribution is 2.31. The van der Waals surface area contributed by atoms with Crippen LogP contribution >= 0.6 is 0 Å². The fraction of sp³-hybridized carbons (Fsp3) is 0.300. The van der Waals surface area contributed by atoms with Crippen molar-refractivity contribution in [3.8, 4) is 22.9 Å². The molecule has 0 aliphatic carbocycles. The largest absolute Gasteiger partial charge is 0.490 e. The molecule has 4 aromatic rings. The molecule has 3 heterocycles. The summed E-state index contributed by atoms with van der Waals surface area (Å²) in [6.45, 7) is 5.15. The number of hydrogen-bond acceptors (Lipinski definition) is 7. The summed E-state index contributed by atoms with van der Waals surface area (Å²) in [4.78, 5) is 18.9. The number of alkyl halides is 3. The average Bonchev–Trinajstić information content (AvgIpc) is 3.57. The first-order valence-corrected chi connectivity index (χ1v) is 13.6. The lowest BCUT2D eigenvalue weighted by Crippen LogP contribution is -2.45. The molecule has 3 aromatic carbocycles. The molecule has 2 aliphatic heterocycles. The van der Waals surface area contributed by atoms with Crippen LogP contribution in [0.2, 0.25) is 0 Å². The van der Waals surface area contributed by atoms with Gasteiger partial charge in [-0.05, 0) is 58.0 Å². The third-order valence-electron chi connectivity index (χ3n) is 7.50. The smallest absolute Gasteiger partial charge is 0.416 e. The zero-order chi connectivity index (χ0) is 29.3. The molecule has 1 unspecified atom stereocenters. The summed E-state index contributed by atoms with van der Waals surface area (Å²) in [6, 6.07) is 21.4. The third-order valence-corrected chi connectivity index (χ3v) is 7.50. The maximum atomic E-state index is 12.8. The van der Waals surface area contributed by atoms with Crippen LogP contribution in [0.5, 0.6) is 11.8 Å². The molecule has 12 heteroatoms. The van der Waals surface area contributed by atoms with Gasteiger partial charge in [0.1, 0.15) is 18.6 Å². The number of nitrogens with zero attached hydrogens (tertiary/aromatic N) is 5. The van der Waals surface area contributed by atoms with Gasteiger partial charge in [-0.2, -0.15) is 13.2 Å². The Morgan fingerprint density at radius 3 is 2.17 bits per heavy atom. The summed E-state index contributed by atoms with van der Waals surface area (Å²) in [6.07, 6.45) is -3.23. The second-order valence-electron chi connectivity index (χ2n) is 10.4. The summed E-state index contributed by atoms with van der Waals surface area (Å²) in [5.41, 5.74) is 3.28. The van der Waals surface area contributed by atoms with Crippen LogP contribution in [0.15, 0.2) is 79.0 Å². The summed E-state index contributed by atoms with van der Waals surface area (Å²) >= 11 is 0. The lowest BCUT2D eigenvalue weighted by Gasteiger charge is -2.36. The summed E-state index contributed by atoms with van der Waals surface area (Å²) in [5, 5.41) is 10.8. The van der Waals surface area contributed by atoms with Gasteiger partial charge in [-0.3, -0.25) is 9.47 Å². The van der Waals surface area contributed by atoms with E-state index in [0.29, 0.717) is 13.2 Å². The first-order chi connectivity index (χ1) is 20.2. The highest BCUT2D eigenvalue weighted by molar-refractivity contribution is 5.64. The number of anilines is 1. The maximum Gasteiger partial charge on any atom is 0.416 e. The zero-order valence-corrected chi connectivity index (χ0v) is 22.5. The number of nitro groups is 1. The topological polar surface area (TPSA) is 85.9 Å². The van der Waals surface area contributed by atoms with Crippen LogP contribution in [0.25, 0.3) is 11.1 Å². The molecule has 1 saturated heterocycles. The van der Waals surface area contributed by atoms with Gasteiger partial charge in [0.2, 0.25) is 0 Å². The molecule has 1 fully saturated rings. The highest BCUT2D eigenvalue weighted by Gasteiger charge is 2.32. The molecule has 0 bridgehead atoms. The first-order valence-electron chi connectivity index (χ1n) is 13.6. The average molecular weight is 580 g/mol. The Morgan fingerprint density at radius 2 is 1.57 bits per heavy atom. The van der Waals surface area contributed by atoms with Crippen molar-refractivity contribution in [1.82, 2.24) is 14.5 Å². The molecule has 0 saturated carbocycles. The van der Waals surface area contributed by atoms with Crippen molar-refractivity contribution in [3.05, 3.63) is 100 Å². The molecule has 0 amide bonds. The van der Waals surface area contributed by atoms with E-state index >= 15 is 0 Å². The third kappa shape index (κ3) is 6.18. The van der Waals surface area contributed by atoms with E-state index in [1.807, 2.05) is 48.5 Å². The van der Waals surface area contributed by atoms with E-state index in [-0.39, 0.29) is 17.9 Å². The van der Waals surface area contributed by atoms with Crippen molar-refractivity contribution >= 4 is 11.5 Å². The number of hydrogen-bond donors (Lipinski definition) is 0. The Kier molecular flexibility index (Phi) is 7.46. The van der Waals surface area contributed by atoms with E-state index in [1.165, 1.54) is 18.3 Å². The second-order valence-corrected chi connectivity index (χ2v) is 10.4. The molecule has 0 spiro atoms. The number of piperazine rings is 1. The Hall–Kier alpha value is -4.58. The summed E-state index contributed by atoms with van der Waals surface area (Å²) in [7, 11) is 0. The van der Waals surface area contributed by atoms with E-state index in [9.17, 15) is 23.3 Å². The van der Waals surface area contributed by atoms with Gasteiger partial charge in [0.15, 0.2) is 6.10 Å². The van der Waals surface area contributed by atoms with E-state index in [2.05, 4.69) is 14.8 Å². The predicted octanol–water partition coefficient (Wildman–Crippen LogP) is 5.64. The van der Waals surface area contributed by atoms with Gasteiger partial charge in [0.05, 0.1) is 12.1 Å². The number of imidazole rings is 1. The van der Waals surface area contributed by atoms with E-state index in [0.717, 1.165) is 73.0 Å². The van der Waals surface area contributed by atoms with Gasteiger partial charge in [-0.25, -0.2) is 0 Å². The number of rotatable bonds is 8. The highest BCUT2D eigenvalue weighted by atomic mass is 19.4. The van der Waals surface area contributed by atoms with E-state index in [1.54, 1.807) is 4.57 Å². The van der Waals surface area contributed by atoms with Crippen molar-refractivity contribution in [2.75, 3.05) is 37.7 Å². The fourth-order valence-electron chi connectivity index (χ4n) is 5.21. The molecule has 0 radical (unpaired) electrons. The van der Waals surface area contributed by atoms with Crippen LogP contribution in [0, 0.1) is 10.1 Å². The van der Waals surface area contributed by atoms with Gasteiger partial charge in [-0.15, -0.1) is 0 Å². The molecule has 218 valence electrons. The molecule has 2 aliphatic rings. The molecule has 9 nitrogen and oxygen atoms in total. The van der Waals surface area contributed by atoms with Gasteiger partial charge in [-0.1, -0.05) is 36.4 Å². The van der Waals surface area contributed by atoms with Crippen LogP contribution in [-0.2, 0) is 19.3 Å². The number of fused-ring (bicyclic) bond motifs is 1. The van der Waals surface area contributed by atoms with Crippen molar-refractivity contribution in [3.63, 3.8) is 0 Å². The molecule has 6 rings (SSSR count). The minimum atomic E-state index is -4.33. The van der Waals surface area contributed by atoms with Crippen molar-refractivity contribution in [2.24, 2.45) is 0 Å². The number of benzene rings is 3. The number of halogens is 3. The molecule has 42 heavy (non-hydrogen) atoms. The minimum Gasteiger partial charge on any atom is -0.490 e. The fourth-order valence-corrected chi connectivity index (χ4v) is 5.21. The van der Waals surface area contributed by atoms with Crippen LogP contribution in [0.1, 0.15) is 11.1 Å². The maximum absolute atomic E-state index is 12.8. The minimum absolute atomic E-state index is 0.228. The van der Waals surface area contributed by atoms with Crippen molar-refractivity contribution in [1.29, 1.82) is 0 Å². The Balaban J connectivity index is 0.948. The van der Waals surface area contributed by atoms with Gasteiger partial charge < -0.3 is 24.5 Å². The van der Waals surface area contributed by atoms with Gasteiger partial charge in [0.25, 0.3) is 0 Å². The van der Waals surface area contributed by atoms with Gasteiger partial charge in [0, 0.05) is 43.4 Å². The monoisotopic (exact) mass is 579 g/mol. The van der Waals surface area contributed by atoms with Gasteiger partial charge >= 0.3 is 18.0 Å². The lowest BCUT2D eigenvalue weighted by atomic mass is 10.0. The molecular formula is C30H28F3N5O4. The van der Waals surface area contributed by atoms with Crippen molar-refractivity contribution < 1.29 is 27.6 Å². The Morgan fingerprint density at radius 1 is 0.929 bits per heavy atom. The number of ether oxygens (including phenoxy) is 2. The van der Waals surface area contributed by atoms with E-state index in [4.69, 9.17) is 9.47 Å². The molecule has 0 N–H and O–H groups in total. The Labute approximate surface area is 239 Å². The molecule has 1 atom stereocenters. The standard InChI is InChI=1S/C30H28F3N5O4/c31-30(32,33)24-7-5-23(6-8-24)22-3-1-21(2-4-22)17-35-13-15-36(16-14-35)25-9-11-26(12-10-25)41-20-27-18-37-19-28(38(39)40)34-29(37)42-27/h1-12,19,27H,13-18,20H2. The van der Waals surface area contributed by atoms with E-state index < -0.39 is 16.7 Å². The SMILES string of the molecule is O=[N+]([O-])c1cn2c(n1)OC(COc1ccc(N3CCN(Cc4ccc(-c5ccc(C(F)(F)F)cc5)cc4)CC3)cc1)C2. The zero-order valence-electron chi connectivity index (χ0n) is 22.5. The second kappa shape index (κ2) is 11.4. The lowest BCUT2D eigenvalue weighted by molar-refractivity contribution is -0.389. The summed E-state index contributed by atoms with van der Waals surface area (Å²) in [5.74, 6) is 0.491. The first kappa shape index (κ1) is 27.6. The number of aromatic nitrogens is 2. The quantitative estimate of drug-likeness (QED) is 0.197. The van der Waals surface area contributed by atoms with Crippen LogP contribution in [0.3, 0.4) is 0 Å². The molecular weight excluding hydrogens is 551 g/mol. The normalized spacial score (nSPS) is 17.1. The van der Waals surface area contributed by atoms with Crippen molar-refractivity contribution in [2.45, 2.75) is 25.4 Å². The van der Waals surface area contributed by atoms with Crippen LogP contribution in [-0.4, -0.2) is 58.3 Å². The molecule has 1 aromatic heterocycles.